The third-order valence-electron chi connectivity index (χ3n) is 5.47. The molecule has 0 spiro atoms. The van der Waals surface area contributed by atoms with E-state index in [0.717, 1.165) is 17.9 Å². The van der Waals surface area contributed by atoms with Gasteiger partial charge in [-0.25, -0.2) is 0 Å². The summed E-state index contributed by atoms with van der Waals surface area (Å²) < 4.78 is 0. The summed E-state index contributed by atoms with van der Waals surface area (Å²) in [6, 6.07) is 0.934. The van der Waals surface area contributed by atoms with E-state index in [1.165, 1.54) is 64.7 Å². The molecule has 4 aliphatic rings. The van der Waals surface area contributed by atoms with Gasteiger partial charge in [0.05, 0.1) is 0 Å². The SMILES string of the molecule is C1=C2[C@H]3CC(CN2CCC1)[C@@H]1CCCCN1C3.[HH]. The molecule has 2 heteroatoms. The van der Waals surface area contributed by atoms with Gasteiger partial charge in [0.2, 0.25) is 0 Å². The quantitative estimate of drug-likeness (QED) is 0.636. The molecule has 0 saturated carbocycles. The first kappa shape index (κ1) is 10.4. The molecular weight excluding hydrogens is 208 g/mol. The fourth-order valence-electron chi connectivity index (χ4n) is 4.76. The van der Waals surface area contributed by atoms with Crippen molar-refractivity contribution in [1.82, 2.24) is 9.80 Å². The molecule has 3 saturated heterocycles. The van der Waals surface area contributed by atoms with Crippen LogP contribution in [0.15, 0.2) is 11.8 Å². The molecule has 0 amide bonds. The molecule has 0 aromatic rings. The van der Waals surface area contributed by atoms with Crippen molar-refractivity contribution in [3.63, 3.8) is 0 Å². The second-order valence-corrected chi connectivity index (χ2v) is 6.47. The third-order valence-corrected chi connectivity index (χ3v) is 5.47. The van der Waals surface area contributed by atoms with Crippen LogP contribution >= 0.6 is 0 Å². The second kappa shape index (κ2) is 4.01. The van der Waals surface area contributed by atoms with Crippen molar-refractivity contribution >= 4 is 0 Å². The van der Waals surface area contributed by atoms with Crippen molar-refractivity contribution in [2.45, 2.75) is 44.6 Å². The number of hydrogen-bond acceptors (Lipinski definition) is 2. The fourth-order valence-corrected chi connectivity index (χ4v) is 4.76. The highest BCUT2D eigenvalue weighted by Gasteiger charge is 2.43. The zero-order valence-corrected chi connectivity index (χ0v) is 10.8. The number of rotatable bonds is 0. The van der Waals surface area contributed by atoms with Gasteiger partial charge >= 0.3 is 0 Å². The summed E-state index contributed by atoms with van der Waals surface area (Å²) in [4.78, 5) is 5.56. The molecule has 0 aromatic carbocycles. The van der Waals surface area contributed by atoms with E-state index < -0.39 is 0 Å². The van der Waals surface area contributed by atoms with Gasteiger partial charge in [0.25, 0.3) is 0 Å². The zero-order chi connectivity index (χ0) is 11.2. The molecule has 4 heterocycles. The average molecular weight is 234 g/mol. The minimum Gasteiger partial charge on any atom is -0.374 e. The molecule has 2 bridgehead atoms. The van der Waals surface area contributed by atoms with E-state index in [2.05, 4.69) is 15.9 Å². The van der Waals surface area contributed by atoms with Crippen LogP contribution in [0.2, 0.25) is 0 Å². The molecule has 4 rings (SSSR count). The summed E-state index contributed by atoms with van der Waals surface area (Å²) in [6.07, 6.45) is 11.2. The Bertz CT molecular complexity index is 341. The van der Waals surface area contributed by atoms with Crippen LogP contribution in [0.5, 0.6) is 0 Å². The minimum atomic E-state index is 0. The summed E-state index contributed by atoms with van der Waals surface area (Å²) >= 11 is 0. The molecular formula is C15H26N2. The van der Waals surface area contributed by atoms with Gasteiger partial charge in [0.1, 0.15) is 0 Å². The molecule has 17 heavy (non-hydrogen) atoms. The molecule has 96 valence electrons. The topological polar surface area (TPSA) is 6.48 Å². The molecule has 1 unspecified atom stereocenters. The van der Waals surface area contributed by atoms with E-state index >= 15 is 0 Å². The Labute approximate surface area is 106 Å². The molecule has 0 aliphatic carbocycles. The first-order chi connectivity index (χ1) is 8.42. The summed E-state index contributed by atoms with van der Waals surface area (Å²) in [5.41, 5.74) is 1.72. The first-order valence-electron chi connectivity index (χ1n) is 7.61. The summed E-state index contributed by atoms with van der Waals surface area (Å²) in [5, 5.41) is 0. The maximum Gasteiger partial charge on any atom is 0.0218 e. The van der Waals surface area contributed by atoms with Crippen molar-refractivity contribution in [3.05, 3.63) is 11.8 Å². The molecule has 2 nitrogen and oxygen atoms in total. The molecule has 3 fully saturated rings. The number of piperidine rings is 3. The Morgan fingerprint density at radius 1 is 1.12 bits per heavy atom. The average Bonchev–Trinajstić information content (AvgIpc) is 2.39. The first-order valence-corrected chi connectivity index (χ1v) is 7.61. The van der Waals surface area contributed by atoms with Crippen molar-refractivity contribution in [2.24, 2.45) is 11.8 Å². The number of hydrogen-bond donors (Lipinski definition) is 0. The van der Waals surface area contributed by atoms with Crippen molar-refractivity contribution < 1.29 is 1.43 Å². The number of nitrogens with zero attached hydrogens (tertiary/aromatic N) is 2. The van der Waals surface area contributed by atoms with Crippen LogP contribution in [0, 0.1) is 11.8 Å². The summed E-state index contributed by atoms with van der Waals surface area (Å²) in [6.45, 7) is 5.45. The number of fused-ring (bicyclic) bond motifs is 6. The highest BCUT2D eigenvalue weighted by molar-refractivity contribution is 5.16. The predicted molar refractivity (Wildman–Crippen MR) is 71.8 cm³/mol. The zero-order valence-electron chi connectivity index (χ0n) is 10.8. The lowest BCUT2D eigenvalue weighted by atomic mass is 9.74. The molecule has 0 radical (unpaired) electrons. The van der Waals surface area contributed by atoms with E-state index in [1.54, 1.807) is 5.70 Å². The Morgan fingerprint density at radius 3 is 3.12 bits per heavy atom. The molecule has 0 aromatic heterocycles. The normalized spacial score (nSPS) is 41.5. The standard InChI is InChI=1S/C15H24N2.H2/c1-3-7-16-11-13-9-12(14(16)5-1)10-17-8-4-2-6-15(13)17;/h5,12-13,15H,1-4,6-11H2;1H/t12-,13?,15-;/m0./s1. The third kappa shape index (κ3) is 1.64. The van der Waals surface area contributed by atoms with Crippen LogP contribution in [-0.2, 0) is 0 Å². The lowest BCUT2D eigenvalue weighted by Gasteiger charge is -2.54. The van der Waals surface area contributed by atoms with Gasteiger partial charge in [0, 0.05) is 38.7 Å². The van der Waals surface area contributed by atoms with Crippen LogP contribution in [-0.4, -0.2) is 42.0 Å². The van der Waals surface area contributed by atoms with Gasteiger partial charge in [-0.3, -0.25) is 4.90 Å². The predicted octanol–water partition coefficient (Wildman–Crippen LogP) is 2.72. The largest absolute Gasteiger partial charge is 0.374 e. The van der Waals surface area contributed by atoms with E-state index in [-0.39, 0.29) is 1.43 Å². The van der Waals surface area contributed by atoms with E-state index in [9.17, 15) is 0 Å². The van der Waals surface area contributed by atoms with Crippen molar-refractivity contribution in [1.29, 1.82) is 0 Å². The maximum absolute atomic E-state index is 2.83. The Hall–Kier alpha value is -0.500. The Kier molecular flexibility index (Phi) is 2.46. The summed E-state index contributed by atoms with van der Waals surface area (Å²) in [7, 11) is 0. The Morgan fingerprint density at radius 2 is 2.12 bits per heavy atom. The van der Waals surface area contributed by atoms with Gasteiger partial charge in [-0.1, -0.05) is 12.5 Å². The fraction of sp³-hybridized carbons (Fsp3) is 0.867. The van der Waals surface area contributed by atoms with Gasteiger partial charge in [-0.2, -0.15) is 0 Å². The van der Waals surface area contributed by atoms with Gasteiger partial charge in [0.15, 0.2) is 0 Å². The second-order valence-electron chi connectivity index (χ2n) is 6.47. The van der Waals surface area contributed by atoms with Crippen LogP contribution in [0.3, 0.4) is 0 Å². The smallest absolute Gasteiger partial charge is 0.0218 e. The van der Waals surface area contributed by atoms with E-state index in [0.29, 0.717) is 0 Å². The molecule has 3 atom stereocenters. The minimum absolute atomic E-state index is 0. The van der Waals surface area contributed by atoms with Crippen LogP contribution in [0.25, 0.3) is 0 Å². The lowest BCUT2D eigenvalue weighted by molar-refractivity contribution is -0.00969. The highest BCUT2D eigenvalue weighted by atomic mass is 15.2. The van der Waals surface area contributed by atoms with Crippen molar-refractivity contribution in [3.8, 4) is 0 Å². The van der Waals surface area contributed by atoms with E-state index in [1.807, 2.05) is 0 Å². The van der Waals surface area contributed by atoms with Crippen LogP contribution in [0.4, 0.5) is 0 Å². The van der Waals surface area contributed by atoms with Crippen molar-refractivity contribution in [2.75, 3.05) is 26.2 Å². The highest BCUT2D eigenvalue weighted by Crippen LogP contribution is 2.42. The molecule has 0 N–H and O–H groups in total. The molecule has 4 aliphatic heterocycles. The Balaban J connectivity index is 0.000001000. The van der Waals surface area contributed by atoms with Gasteiger partial charge in [-0.05, 0) is 44.6 Å². The van der Waals surface area contributed by atoms with E-state index in [4.69, 9.17) is 0 Å². The lowest BCUT2D eigenvalue weighted by Crippen LogP contribution is -2.58. The number of allylic oxidation sites excluding steroid dienone is 1. The monoisotopic (exact) mass is 234 g/mol. The van der Waals surface area contributed by atoms with Crippen LogP contribution in [0.1, 0.15) is 40.0 Å². The van der Waals surface area contributed by atoms with Crippen LogP contribution < -0.4 is 0 Å². The van der Waals surface area contributed by atoms with Gasteiger partial charge in [-0.15, -0.1) is 0 Å². The van der Waals surface area contributed by atoms with Gasteiger partial charge < -0.3 is 4.90 Å². The maximum atomic E-state index is 2.83. The summed E-state index contributed by atoms with van der Waals surface area (Å²) in [5.74, 6) is 1.85.